The molecule has 0 aliphatic carbocycles. The van der Waals surface area contributed by atoms with Crippen LogP contribution in [0.4, 0.5) is 0 Å². The Morgan fingerprint density at radius 3 is 2.17 bits per heavy atom. The molecule has 3 rings (SSSR count). The maximum atomic E-state index is 10.9. The molecule has 1 aromatic heterocycles. The fourth-order valence-corrected chi connectivity index (χ4v) is 3.17. The van der Waals surface area contributed by atoms with E-state index in [1.807, 2.05) is 5.38 Å². The van der Waals surface area contributed by atoms with Crippen molar-refractivity contribution in [2.75, 3.05) is 0 Å². The average Bonchev–Trinajstić information content (AvgIpc) is 3.05. The van der Waals surface area contributed by atoms with Crippen LogP contribution in [0.3, 0.4) is 0 Å². The first-order chi connectivity index (χ1) is 11.0. The molecule has 0 atom stereocenters. The molecule has 3 nitrogen and oxygen atoms in total. The second kappa shape index (κ2) is 6.34. The van der Waals surface area contributed by atoms with Crippen LogP contribution in [-0.2, 0) is 0 Å². The van der Waals surface area contributed by atoms with Crippen LogP contribution in [0.25, 0.3) is 21.8 Å². The number of aromatic carboxylic acids is 1. The molecule has 0 unspecified atom stereocenters. The number of carbonyl (C=O) groups is 1. The third kappa shape index (κ3) is 3.32. The van der Waals surface area contributed by atoms with Gasteiger partial charge in [0.2, 0.25) is 0 Å². The summed E-state index contributed by atoms with van der Waals surface area (Å²) < 4.78 is 0. The van der Waals surface area contributed by atoms with Gasteiger partial charge in [0, 0.05) is 16.5 Å². The van der Waals surface area contributed by atoms with E-state index in [2.05, 4.69) is 43.1 Å². The summed E-state index contributed by atoms with van der Waals surface area (Å²) in [4.78, 5) is 15.6. The number of rotatable bonds is 4. The molecule has 0 aliphatic rings. The number of benzene rings is 2. The summed E-state index contributed by atoms with van der Waals surface area (Å²) in [6.07, 6.45) is 0. The molecule has 0 aliphatic heterocycles. The second-order valence-electron chi connectivity index (χ2n) is 5.70. The SMILES string of the molecule is CC(C)c1ccc(-c2csc(-c3ccc(C(=O)O)cc3)n2)cc1. The Morgan fingerprint density at radius 2 is 1.61 bits per heavy atom. The summed E-state index contributed by atoms with van der Waals surface area (Å²) in [6.45, 7) is 4.35. The highest BCUT2D eigenvalue weighted by atomic mass is 32.1. The first kappa shape index (κ1) is 15.4. The Labute approximate surface area is 139 Å². The van der Waals surface area contributed by atoms with Crippen molar-refractivity contribution < 1.29 is 9.90 Å². The summed E-state index contributed by atoms with van der Waals surface area (Å²) in [5.74, 6) is -0.399. The number of hydrogen-bond acceptors (Lipinski definition) is 3. The van der Waals surface area contributed by atoms with Crippen molar-refractivity contribution in [1.29, 1.82) is 0 Å². The molecule has 116 valence electrons. The van der Waals surface area contributed by atoms with Crippen molar-refractivity contribution in [3.8, 4) is 21.8 Å². The van der Waals surface area contributed by atoms with E-state index >= 15 is 0 Å². The van der Waals surface area contributed by atoms with Crippen molar-refractivity contribution in [3.63, 3.8) is 0 Å². The quantitative estimate of drug-likeness (QED) is 0.709. The van der Waals surface area contributed by atoms with Crippen molar-refractivity contribution in [2.24, 2.45) is 0 Å². The monoisotopic (exact) mass is 323 g/mol. The van der Waals surface area contributed by atoms with Crippen LogP contribution in [0.15, 0.2) is 53.9 Å². The number of carboxylic acid groups (broad SMARTS) is 1. The number of carboxylic acids is 1. The second-order valence-corrected chi connectivity index (χ2v) is 6.56. The minimum absolute atomic E-state index is 0.287. The van der Waals surface area contributed by atoms with Gasteiger partial charge in [-0.2, -0.15) is 0 Å². The average molecular weight is 323 g/mol. The number of thiazole rings is 1. The third-order valence-electron chi connectivity index (χ3n) is 3.76. The van der Waals surface area contributed by atoms with Gasteiger partial charge in [-0.3, -0.25) is 0 Å². The standard InChI is InChI=1S/C19H17NO2S/c1-12(2)13-3-5-14(6-4-13)17-11-23-18(20-17)15-7-9-16(10-8-15)19(21)22/h3-12H,1-2H3,(H,21,22). The topological polar surface area (TPSA) is 50.2 Å². The lowest BCUT2D eigenvalue weighted by Crippen LogP contribution is -1.94. The Hall–Kier alpha value is -2.46. The molecule has 0 saturated heterocycles. The Morgan fingerprint density at radius 1 is 1.00 bits per heavy atom. The molecule has 1 heterocycles. The van der Waals surface area contributed by atoms with Gasteiger partial charge in [-0.25, -0.2) is 9.78 Å². The zero-order valence-electron chi connectivity index (χ0n) is 13.0. The molecule has 0 spiro atoms. The molecule has 1 N–H and O–H groups in total. The summed E-state index contributed by atoms with van der Waals surface area (Å²) in [5, 5.41) is 11.9. The van der Waals surface area contributed by atoms with Gasteiger partial charge >= 0.3 is 5.97 Å². The maximum Gasteiger partial charge on any atom is 0.335 e. The van der Waals surface area contributed by atoms with Crippen molar-refractivity contribution >= 4 is 17.3 Å². The number of aromatic nitrogens is 1. The molecule has 2 aromatic carbocycles. The van der Waals surface area contributed by atoms with Crippen LogP contribution in [0, 0.1) is 0 Å². The molecule has 0 fully saturated rings. The molecule has 0 saturated carbocycles. The van der Waals surface area contributed by atoms with E-state index in [1.54, 1.807) is 35.6 Å². The largest absolute Gasteiger partial charge is 0.478 e. The Kier molecular flexibility index (Phi) is 4.26. The van der Waals surface area contributed by atoms with Gasteiger partial charge in [-0.15, -0.1) is 11.3 Å². The number of hydrogen-bond donors (Lipinski definition) is 1. The molecule has 0 bridgehead atoms. The smallest absolute Gasteiger partial charge is 0.335 e. The van der Waals surface area contributed by atoms with Gasteiger partial charge in [-0.1, -0.05) is 50.2 Å². The minimum atomic E-state index is -0.915. The van der Waals surface area contributed by atoms with Gasteiger partial charge in [0.25, 0.3) is 0 Å². The minimum Gasteiger partial charge on any atom is -0.478 e. The van der Waals surface area contributed by atoms with Crippen molar-refractivity contribution in [1.82, 2.24) is 4.98 Å². The van der Waals surface area contributed by atoms with Crippen LogP contribution in [0.5, 0.6) is 0 Å². The van der Waals surface area contributed by atoms with Crippen LogP contribution < -0.4 is 0 Å². The molecule has 4 heteroatoms. The number of nitrogens with zero attached hydrogens (tertiary/aromatic N) is 1. The summed E-state index contributed by atoms with van der Waals surface area (Å²) in [7, 11) is 0. The van der Waals surface area contributed by atoms with Gasteiger partial charge < -0.3 is 5.11 Å². The van der Waals surface area contributed by atoms with Gasteiger partial charge in [-0.05, 0) is 23.6 Å². The first-order valence-corrected chi connectivity index (χ1v) is 8.32. The van der Waals surface area contributed by atoms with E-state index in [0.29, 0.717) is 5.92 Å². The van der Waals surface area contributed by atoms with Crippen LogP contribution in [0.2, 0.25) is 0 Å². The Bertz CT molecular complexity index is 817. The van der Waals surface area contributed by atoms with Crippen molar-refractivity contribution in [3.05, 3.63) is 65.0 Å². The summed E-state index contributed by atoms with van der Waals surface area (Å²) in [5.41, 5.74) is 4.58. The molecule has 23 heavy (non-hydrogen) atoms. The predicted molar refractivity (Wildman–Crippen MR) is 94.0 cm³/mol. The van der Waals surface area contributed by atoms with Gasteiger partial charge in [0.05, 0.1) is 11.3 Å². The predicted octanol–water partition coefficient (Wildman–Crippen LogP) is 5.30. The molecule has 0 radical (unpaired) electrons. The van der Waals surface area contributed by atoms with Crippen LogP contribution in [0.1, 0.15) is 35.7 Å². The first-order valence-electron chi connectivity index (χ1n) is 7.44. The fraction of sp³-hybridized carbons (Fsp3) is 0.158. The molecular weight excluding hydrogens is 306 g/mol. The normalized spacial score (nSPS) is 10.9. The Balaban J connectivity index is 1.86. The van der Waals surface area contributed by atoms with Gasteiger partial charge in [0.15, 0.2) is 0 Å². The lowest BCUT2D eigenvalue weighted by Gasteiger charge is -2.05. The zero-order chi connectivity index (χ0) is 16.4. The third-order valence-corrected chi connectivity index (χ3v) is 4.65. The fourth-order valence-electron chi connectivity index (χ4n) is 2.33. The highest BCUT2D eigenvalue weighted by Crippen LogP contribution is 2.29. The summed E-state index contributed by atoms with van der Waals surface area (Å²) in [6, 6.07) is 15.3. The van der Waals surface area contributed by atoms with E-state index < -0.39 is 5.97 Å². The lowest BCUT2D eigenvalue weighted by atomic mass is 10.0. The molecule has 3 aromatic rings. The van der Waals surface area contributed by atoms with E-state index in [-0.39, 0.29) is 5.56 Å². The van der Waals surface area contributed by atoms with E-state index in [9.17, 15) is 4.79 Å². The molecule has 0 amide bonds. The summed E-state index contributed by atoms with van der Waals surface area (Å²) >= 11 is 1.56. The zero-order valence-corrected chi connectivity index (χ0v) is 13.8. The van der Waals surface area contributed by atoms with Crippen LogP contribution in [-0.4, -0.2) is 16.1 Å². The van der Waals surface area contributed by atoms with E-state index in [4.69, 9.17) is 5.11 Å². The van der Waals surface area contributed by atoms with Crippen molar-refractivity contribution in [2.45, 2.75) is 19.8 Å². The lowest BCUT2D eigenvalue weighted by molar-refractivity contribution is 0.0697. The molecular formula is C19H17NO2S. The van der Waals surface area contributed by atoms with E-state index in [0.717, 1.165) is 21.8 Å². The highest BCUT2D eigenvalue weighted by molar-refractivity contribution is 7.13. The highest BCUT2D eigenvalue weighted by Gasteiger charge is 2.09. The van der Waals surface area contributed by atoms with Crippen LogP contribution >= 0.6 is 11.3 Å². The van der Waals surface area contributed by atoms with E-state index in [1.165, 1.54) is 5.56 Å². The van der Waals surface area contributed by atoms with Gasteiger partial charge in [0.1, 0.15) is 5.01 Å². The maximum absolute atomic E-state index is 10.9.